The number of hydrogen-bond acceptors (Lipinski definition) is 3. The number of amides is 1. The van der Waals surface area contributed by atoms with E-state index in [1.807, 2.05) is 18.2 Å². The predicted molar refractivity (Wildman–Crippen MR) is 76.1 cm³/mol. The first kappa shape index (κ1) is 13.4. The van der Waals surface area contributed by atoms with Gasteiger partial charge >= 0.3 is 5.97 Å². The van der Waals surface area contributed by atoms with Gasteiger partial charge in [-0.15, -0.1) is 0 Å². The summed E-state index contributed by atoms with van der Waals surface area (Å²) < 4.78 is 0. The largest absolute Gasteiger partial charge is 0.477 e. The molecule has 0 bridgehead atoms. The highest BCUT2D eigenvalue weighted by Crippen LogP contribution is 2.26. The number of benzene rings is 1. The van der Waals surface area contributed by atoms with Crippen LogP contribution in [0.15, 0.2) is 30.3 Å². The fraction of sp³-hybridized carbons (Fsp3) is 0.267. The van der Waals surface area contributed by atoms with Gasteiger partial charge in [0.15, 0.2) is 5.82 Å². The summed E-state index contributed by atoms with van der Waals surface area (Å²) in [4.78, 5) is 23.0. The zero-order valence-electron chi connectivity index (χ0n) is 11.3. The Hall–Kier alpha value is -2.63. The van der Waals surface area contributed by atoms with Crippen molar-refractivity contribution in [3.8, 4) is 0 Å². The van der Waals surface area contributed by atoms with Crippen LogP contribution >= 0.6 is 0 Å². The second-order valence-corrected chi connectivity index (χ2v) is 5.17. The molecule has 1 heterocycles. The zero-order chi connectivity index (χ0) is 14.8. The molecular formula is C15H15N3O3. The van der Waals surface area contributed by atoms with E-state index in [9.17, 15) is 9.59 Å². The van der Waals surface area contributed by atoms with Crippen LogP contribution in [-0.4, -0.2) is 27.2 Å². The zero-order valence-corrected chi connectivity index (χ0v) is 11.3. The van der Waals surface area contributed by atoms with Crippen LogP contribution in [0.2, 0.25) is 0 Å². The topological polar surface area (TPSA) is 95.1 Å². The first-order valence-electron chi connectivity index (χ1n) is 6.80. The number of anilines is 1. The van der Waals surface area contributed by atoms with Gasteiger partial charge in [0, 0.05) is 12.0 Å². The van der Waals surface area contributed by atoms with Crippen molar-refractivity contribution >= 4 is 17.7 Å². The van der Waals surface area contributed by atoms with E-state index in [4.69, 9.17) is 5.11 Å². The summed E-state index contributed by atoms with van der Waals surface area (Å²) in [6.45, 7) is 0. The molecule has 3 rings (SSSR count). The van der Waals surface area contributed by atoms with Crippen molar-refractivity contribution in [2.45, 2.75) is 19.3 Å². The Balaban J connectivity index is 1.67. The summed E-state index contributed by atoms with van der Waals surface area (Å²) in [6, 6.07) is 9.45. The third kappa shape index (κ3) is 2.79. The van der Waals surface area contributed by atoms with E-state index in [0.717, 1.165) is 12.8 Å². The number of carboxylic acid groups (broad SMARTS) is 1. The monoisotopic (exact) mass is 285 g/mol. The lowest BCUT2D eigenvalue weighted by atomic mass is 9.83. The quantitative estimate of drug-likeness (QED) is 0.802. The minimum Gasteiger partial charge on any atom is -0.477 e. The van der Waals surface area contributed by atoms with Gasteiger partial charge in [0.25, 0.3) is 0 Å². The molecule has 0 saturated carbocycles. The van der Waals surface area contributed by atoms with Crippen LogP contribution in [-0.2, 0) is 17.6 Å². The van der Waals surface area contributed by atoms with Crippen molar-refractivity contribution in [2.24, 2.45) is 5.92 Å². The molecule has 0 radical (unpaired) electrons. The second kappa shape index (κ2) is 5.40. The number of carboxylic acids is 1. The number of carbonyl (C=O) groups is 2. The third-order valence-electron chi connectivity index (χ3n) is 3.78. The molecule has 6 nitrogen and oxygen atoms in total. The van der Waals surface area contributed by atoms with Gasteiger partial charge in [-0.25, -0.2) is 4.79 Å². The van der Waals surface area contributed by atoms with Crippen molar-refractivity contribution < 1.29 is 14.7 Å². The Bertz CT molecular complexity index is 693. The number of aromatic carboxylic acids is 1. The van der Waals surface area contributed by atoms with Gasteiger partial charge in [0.1, 0.15) is 5.69 Å². The lowest BCUT2D eigenvalue weighted by Crippen LogP contribution is -2.28. The molecule has 6 heteroatoms. The number of rotatable bonds is 3. The molecular weight excluding hydrogens is 270 g/mol. The molecule has 21 heavy (non-hydrogen) atoms. The van der Waals surface area contributed by atoms with Gasteiger partial charge < -0.3 is 10.4 Å². The standard InChI is InChI=1S/C15H15N3O3/c19-14(16-13-8-12(15(20)21)17-18-13)11-6-5-9-3-1-2-4-10(9)7-11/h1-4,8,11H,5-7H2,(H,20,21)(H2,16,17,18,19). The second-order valence-electron chi connectivity index (χ2n) is 5.17. The van der Waals surface area contributed by atoms with Gasteiger partial charge in [-0.1, -0.05) is 24.3 Å². The summed E-state index contributed by atoms with van der Waals surface area (Å²) in [5.41, 5.74) is 2.46. The molecule has 1 unspecified atom stereocenters. The van der Waals surface area contributed by atoms with Gasteiger partial charge in [-0.3, -0.25) is 9.89 Å². The summed E-state index contributed by atoms with van der Waals surface area (Å²) in [6.07, 6.45) is 2.38. The van der Waals surface area contributed by atoms with E-state index < -0.39 is 5.97 Å². The molecule has 3 N–H and O–H groups in total. The van der Waals surface area contributed by atoms with Gasteiger partial charge in [0.2, 0.25) is 5.91 Å². The van der Waals surface area contributed by atoms with Crippen molar-refractivity contribution in [2.75, 3.05) is 5.32 Å². The number of aromatic nitrogens is 2. The van der Waals surface area contributed by atoms with Gasteiger partial charge in [-0.2, -0.15) is 5.10 Å². The highest BCUT2D eigenvalue weighted by molar-refractivity contribution is 5.93. The number of carbonyl (C=O) groups excluding carboxylic acids is 1. The van der Waals surface area contributed by atoms with Crippen molar-refractivity contribution in [1.29, 1.82) is 0 Å². The molecule has 1 aromatic carbocycles. The van der Waals surface area contributed by atoms with E-state index in [1.54, 1.807) is 0 Å². The number of aromatic amines is 1. The number of hydrogen-bond donors (Lipinski definition) is 3. The van der Waals surface area contributed by atoms with E-state index in [2.05, 4.69) is 21.6 Å². The van der Waals surface area contributed by atoms with E-state index >= 15 is 0 Å². The molecule has 1 aliphatic carbocycles. The molecule has 0 spiro atoms. The molecule has 1 aliphatic rings. The molecule has 108 valence electrons. The molecule has 0 aliphatic heterocycles. The van der Waals surface area contributed by atoms with Crippen LogP contribution in [0.25, 0.3) is 0 Å². The lowest BCUT2D eigenvalue weighted by molar-refractivity contribution is -0.120. The Morgan fingerprint density at radius 2 is 2.05 bits per heavy atom. The molecule has 1 atom stereocenters. The van der Waals surface area contributed by atoms with E-state index in [0.29, 0.717) is 6.42 Å². The summed E-state index contributed by atoms with van der Waals surface area (Å²) in [5.74, 6) is -1.08. The highest BCUT2D eigenvalue weighted by Gasteiger charge is 2.25. The predicted octanol–water partition coefficient (Wildman–Crippen LogP) is 1.85. The first-order chi connectivity index (χ1) is 10.1. The number of nitrogens with one attached hydrogen (secondary N) is 2. The SMILES string of the molecule is O=C(O)c1cc(NC(=O)C2CCc3ccccc3C2)n[nH]1. The Morgan fingerprint density at radius 1 is 1.29 bits per heavy atom. The van der Waals surface area contributed by atoms with Crippen LogP contribution in [0, 0.1) is 5.92 Å². The van der Waals surface area contributed by atoms with Crippen molar-refractivity contribution in [3.63, 3.8) is 0 Å². The molecule has 0 saturated heterocycles. The highest BCUT2D eigenvalue weighted by atomic mass is 16.4. The average molecular weight is 285 g/mol. The van der Waals surface area contributed by atoms with Crippen LogP contribution in [0.5, 0.6) is 0 Å². The van der Waals surface area contributed by atoms with E-state index in [-0.39, 0.29) is 23.3 Å². The fourth-order valence-electron chi connectivity index (χ4n) is 2.65. The number of aryl methyl sites for hydroxylation is 1. The summed E-state index contributed by atoms with van der Waals surface area (Å²) >= 11 is 0. The minimum atomic E-state index is -1.10. The lowest BCUT2D eigenvalue weighted by Gasteiger charge is -2.23. The number of fused-ring (bicyclic) bond motifs is 1. The smallest absolute Gasteiger partial charge is 0.353 e. The van der Waals surface area contributed by atoms with E-state index in [1.165, 1.54) is 17.2 Å². The summed E-state index contributed by atoms with van der Waals surface area (Å²) in [7, 11) is 0. The maximum Gasteiger partial charge on any atom is 0.353 e. The number of nitrogens with zero attached hydrogens (tertiary/aromatic N) is 1. The molecule has 0 fully saturated rings. The van der Waals surface area contributed by atoms with Crippen LogP contribution < -0.4 is 5.32 Å². The van der Waals surface area contributed by atoms with Crippen LogP contribution in [0.3, 0.4) is 0 Å². The Kier molecular flexibility index (Phi) is 3.43. The average Bonchev–Trinajstić information content (AvgIpc) is 2.95. The first-order valence-corrected chi connectivity index (χ1v) is 6.80. The maximum atomic E-state index is 12.2. The molecule has 1 aromatic heterocycles. The normalized spacial score (nSPS) is 17.0. The number of H-pyrrole nitrogens is 1. The summed E-state index contributed by atoms with van der Waals surface area (Å²) in [5, 5.41) is 17.6. The van der Waals surface area contributed by atoms with Crippen molar-refractivity contribution in [3.05, 3.63) is 47.2 Å². The third-order valence-corrected chi connectivity index (χ3v) is 3.78. The molecule has 1 amide bonds. The molecule has 2 aromatic rings. The van der Waals surface area contributed by atoms with Crippen LogP contribution in [0.1, 0.15) is 28.0 Å². The van der Waals surface area contributed by atoms with Crippen molar-refractivity contribution in [1.82, 2.24) is 10.2 Å². The maximum absolute atomic E-state index is 12.2. The Labute approximate surface area is 121 Å². The van der Waals surface area contributed by atoms with Crippen LogP contribution in [0.4, 0.5) is 5.82 Å². The van der Waals surface area contributed by atoms with Gasteiger partial charge in [-0.05, 0) is 30.4 Å². The fourth-order valence-corrected chi connectivity index (χ4v) is 2.65. The Morgan fingerprint density at radius 3 is 2.76 bits per heavy atom. The minimum absolute atomic E-state index is 0.0423. The van der Waals surface area contributed by atoms with Gasteiger partial charge in [0.05, 0.1) is 0 Å².